The van der Waals surface area contributed by atoms with E-state index in [9.17, 15) is 0 Å². The van der Waals surface area contributed by atoms with Gasteiger partial charge in [-0.2, -0.15) is 29.5 Å². The largest absolute Gasteiger partial charge is 0.184 e. The first kappa shape index (κ1) is 29.9. The van der Waals surface area contributed by atoms with Crippen LogP contribution in [0.1, 0.15) is 26.3 Å². The molecular weight excluding hydrogens is 635 g/mol. The van der Waals surface area contributed by atoms with Gasteiger partial charge in [0.2, 0.25) is 0 Å². The molecule has 0 bridgehead atoms. The molecule has 1 heterocycles. The normalized spacial score (nSPS) is 11.3. The fourth-order valence-corrected chi connectivity index (χ4v) is 6.66. The van der Waals surface area contributed by atoms with Crippen molar-refractivity contribution in [3.05, 3.63) is 139 Å². The third-order valence-corrected chi connectivity index (χ3v) is 8.57. The van der Waals surface area contributed by atoms with Crippen LogP contribution in [0.25, 0.3) is 44.2 Å². The Kier molecular flexibility index (Phi) is 9.89. The van der Waals surface area contributed by atoms with Crippen molar-refractivity contribution in [3.8, 4) is 33.4 Å². The standard InChI is InChI=1S/C25H23.C12H7Si.2ClH.Zr/c1-25(2,3)23-15-14-20-16-21(18-10-6-4-7-11-18)17-22(20)24(23)19-12-8-5-9-13-19;1-3-7-11-9(5-1)10-6-2-4-8-12(10)13-11;;;/h4-17H,1-3H3;1-7H;2*1H;/q2*-1;;;+4/p-2. The number of fused-ring (bicyclic) bond motifs is 4. The van der Waals surface area contributed by atoms with Gasteiger partial charge < -0.3 is 0 Å². The third-order valence-electron chi connectivity index (χ3n) is 7.20. The SMILES string of the molecule is CC(C)(C)c1ccc2[cH-]c(-c3ccccc3)cc2c1-c1ccccc1.[Cl][Zr+2][Cl].[c-]1cccc2c1[Si]c1ccccc1-2. The number of halogens is 2. The van der Waals surface area contributed by atoms with E-state index in [0.717, 1.165) is 9.52 Å². The van der Waals surface area contributed by atoms with E-state index in [0.29, 0.717) is 0 Å². The summed E-state index contributed by atoms with van der Waals surface area (Å²) in [5.74, 6) is 0. The van der Waals surface area contributed by atoms with E-state index in [2.05, 4.69) is 148 Å². The van der Waals surface area contributed by atoms with Gasteiger partial charge in [0.05, 0.1) is 9.52 Å². The maximum absolute atomic E-state index is 4.93. The maximum atomic E-state index is 4.93. The van der Waals surface area contributed by atoms with Crippen LogP contribution in [0.15, 0.2) is 127 Å². The zero-order valence-electron chi connectivity index (χ0n) is 23.4. The van der Waals surface area contributed by atoms with Crippen molar-refractivity contribution in [1.29, 1.82) is 0 Å². The fraction of sp³-hybridized carbons (Fsp3) is 0.108. The summed E-state index contributed by atoms with van der Waals surface area (Å²) in [6.07, 6.45) is 0. The van der Waals surface area contributed by atoms with Gasteiger partial charge in [0.25, 0.3) is 0 Å². The van der Waals surface area contributed by atoms with Gasteiger partial charge in [0.1, 0.15) is 0 Å². The average Bonchev–Trinajstić information content (AvgIpc) is 3.60. The van der Waals surface area contributed by atoms with Crippen molar-refractivity contribution in [2.75, 3.05) is 0 Å². The van der Waals surface area contributed by atoms with Crippen LogP contribution in [0, 0.1) is 6.07 Å². The predicted octanol–water partition coefficient (Wildman–Crippen LogP) is 9.69. The van der Waals surface area contributed by atoms with Gasteiger partial charge in [-0.3, -0.25) is 0 Å². The molecule has 0 spiro atoms. The van der Waals surface area contributed by atoms with Gasteiger partial charge in [0.15, 0.2) is 0 Å². The molecule has 0 saturated carbocycles. The van der Waals surface area contributed by atoms with Crippen molar-refractivity contribution < 1.29 is 20.8 Å². The fourth-order valence-electron chi connectivity index (χ4n) is 5.35. The van der Waals surface area contributed by atoms with Crippen LogP contribution in [0.2, 0.25) is 0 Å². The second-order valence-corrected chi connectivity index (χ2v) is 15.9. The molecule has 0 atom stereocenters. The molecule has 6 aromatic carbocycles. The molecule has 0 nitrogen and oxygen atoms in total. The molecule has 2 radical (unpaired) electrons. The van der Waals surface area contributed by atoms with E-state index in [-0.39, 0.29) is 5.41 Å². The summed E-state index contributed by atoms with van der Waals surface area (Å²) in [7, 11) is 10.7. The van der Waals surface area contributed by atoms with Crippen LogP contribution in [0.3, 0.4) is 0 Å². The quantitative estimate of drug-likeness (QED) is 0.128. The molecule has 0 aliphatic carbocycles. The summed E-state index contributed by atoms with van der Waals surface area (Å²) < 4.78 is 0. The first-order valence-corrected chi connectivity index (χ1v) is 20.9. The molecular formula is C37H30Cl2SiZr. The summed E-state index contributed by atoms with van der Waals surface area (Å²) >= 11 is -0.826. The number of hydrogen-bond donors (Lipinski definition) is 0. The first-order valence-electron chi connectivity index (χ1n) is 13.6. The molecule has 7 rings (SSSR count). The molecule has 1 aliphatic rings. The molecule has 200 valence electrons. The number of rotatable bonds is 2. The summed E-state index contributed by atoms with van der Waals surface area (Å²) in [4.78, 5) is 0. The minimum atomic E-state index is -0.826. The summed E-state index contributed by atoms with van der Waals surface area (Å²) in [5, 5.41) is 5.48. The van der Waals surface area contributed by atoms with Crippen LogP contribution in [-0.4, -0.2) is 9.52 Å². The topological polar surface area (TPSA) is 0 Å². The van der Waals surface area contributed by atoms with Gasteiger partial charge in [-0.05, 0) is 22.1 Å². The van der Waals surface area contributed by atoms with Gasteiger partial charge in [-0.25, -0.2) is 0 Å². The van der Waals surface area contributed by atoms with E-state index >= 15 is 0 Å². The molecule has 0 unspecified atom stereocenters. The molecule has 0 saturated heterocycles. The maximum Gasteiger partial charge on any atom is 0.0920 e. The summed E-state index contributed by atoms with van der Waals surface area (Å²) in [5.41, 5.74) is 9.49. The first-order chi connectivity index (χ1) is 19.9. The summed E-state index contributed by atoms with van der Waals surface area (Å²) in [6, 6.07) is 48.8. The van der Waals surface area contributed by atoms with Crippen LogP contribution < -0.4 is 10.4 Å². The van der Waals surface area contributed by atoms with Crippen molar-refractivity contribution >= 4 is 47.7 Å². The van der Waals surface area contributed by atoms with E-state index in [4.69, 9.17) is 17.0 Å². The zero-order chi connectivity index (χ0) is 28.8. The van der Waals surface area contributed by atoms with Gasteiger partial charge in [-0.1, -0.05) is 128 Å². The number of hydrogen-bond acceptors (Lipinski definition) is 0. The Morgan fingerprint density at radius 3 is 2.00 bits per heavy atom. The molecule has 41 heavy (non-hydrogen) atoms. The Morgan fingerprint density at radius 2 is 1.32 bits per heavy atom. The van der Waals surface area contributed by atoms with Gasteiger partial charge >= 0.3 is 37.9 Å². The van der Waals surface area contributed by atoms with Crippen molar-refractivity contribution in [3.63, 3.8) is 0 Å². The van der Waals surface area contributed by atoms with Gasteiger partial charge in [0, 0.05) is 0 Å². The Balaban J connectivity index is 0.000000175. The second kappa shape index (κ2) is 13.6. The van der Waals surface area contributed by atoms with Crippen molar-refractivity contribution in [2.45, 2.75) is 26.2 Å². The predicted molar refractivity (Wildman–Crippen MR) is 177 cm³/mol. The Bertz CT molecular complexity index is 1690. The van der Waals surface area contributed by atoms with Crippen LogP contribution in [0.4, 0.5) is 0 Å². The second-order valence-electron chi connectivity index (χ2n) is 10.9. The van der Waals surface area contributed by atoms with Gasteiger partial charge in [-0.15, -0.1) is 40.1 Å². The average molecular weight is 665 g/mol. The Labute approximate surface area is 265 Å². The van der Waals surface area contributed by atoms with E-state index in [1.807, 2.05) is 6.07 Å². The van der Waals surface area contributed by atoms with Crippen LogP contribution >= 0.6 is 17.0 Å². The Morgan fingerprint density at radius 1 is 0.707 bits per heavy atom. The molecule has 0 N–H and O–H groups in total. The smallest absolute Gasteiger partial charge is 0.0920 e. The third kappa shape index (κ3) is 6.90. The zero-order valence-corrected chi connectivity index (χ0v) is 28.4. The van der Waals surface area contributed by atoms with Crippen LogP contribution in [0.5, 0.6) is 0 Å². The molecule has 6 aromatic rings. The van der Waals surface area contributed by atoms with E-state index < -0.39 is 20.8 Å². The van der Waals surface area contributed by atoms with E-state index in [1.165, 1.54) is 60.1 Å². The monoisotopic (exact) mass is 662 g/mol. The van der Waals surface area contributed by atoms with Crippen molar-refractivity contribution in [1.82, 2.24) is 0 Å². The number of benzene rings is 5. The minimum absolute atomic E-state index is 0.101. The minimum Gasteiger partial charge on any atom is -0.184 e. The molecule has 1 aliphatic heterocycles. The molecule has 0 fully saturated rings. The Hall–Kier alpha value is -2.61. The van der Waals surface area contributed by atoms with E-state index in [1.54, 1.807) is 0 Å². The molecule has 0 aromatic heterocycles. The van der Waals surface area contributed by atoms with Crippen LogP contribution in [-0.2, 0) is 26.3 Å². The van der Waals surface area contributed by atoms with Crippen molar-refractivity contribution in [2.24, 2.45) is 0 Å². The summed E-state index contributed by atoms with van der Waals surface area (Å²) in [6.45, 7) is 6.88. The molecule has 4 heteroatoms. The molecule has 0 amide bonds.